The molecule has 3 rings (SSSR count). The highest BCUT2D eigenvalue weighted by molar-refractivity contribution is 6.44. The smallest absolute Gasteiger partial charge is 0.182 e. The highest BCUT2D eigenvalue weighted by atomic mass is 35.5. The van der Waals surface area contributed by atoms with Gasteiger partial charge in [0.2, 0.25) is 0 Å². The second-order valence-corrected chi connectivity index (χ2v) is 6.42. The number of rotatable bonds is 2. The molecule has 0 unspecified atom stereocenters. The van der Waals surface area contributed by atoms with Crippen LogP contribution in [0.25, 0.3) is 22.5 Å². The fraction of sp³-hybridized carbons (Fsp3) is 0. The largest absolute Gasteiger partial charge is 0.354 e. The van der Waals surface area contributed by atoms with Gasteiger partial charge in [-0.2, -0.15) is 0 Å². The summed E-state index contributed by atoms with van der Waals surface area (Å²) < 4.78 is 0. The molecule has 0 radical (unpaired) electrons. The molecule has 0 aliphatic rings. The number of hydrogen-bond donors (Lipinski definition) is 1. The average molecular weight is 385 g/mol. The quantitative estimate of drug-likeness (QED) is 0.550. The van der Waals surface area contributed by atoms with Gasteiger partial charge < -0.3 is 4.98 Å². The first-order chi connectivity index (χ1) is 11.0. The van der Waals surface area contributed by atoms with Crippen molar-refractivity contribution in [3.63, 3.8) is 0 Å². The maximum absolute atomic E-state index is 12.1. The normalized spacial score (nSPS) is 10.8. The van der Waals surface area contributed by atoms with E-state index in [9.17, 15) is 4.79 Å². The van der Waals surface area contributed by atoms with E-state index in [0.717, 1.165) is 0 Å². The molecule has 0 spiro atoms. The van der Waals surface area contributed by atoms with Crippen LogP contribution in [-0.2, 0) is 0 Å². The van der Waals surface area contributed by atoms with Gasteiger partial charge in [-0.25, -0.2) is 0 Å². The number of pyridine rings is 1. The van der Waals surface area contributed by atoms with Gasteiger partial charge in [0.15, 0.2) is 5.43 Å². The summed E-state index contributed by atoms with van der Waals surface area (Å²) in [7, 11) is 0. The van der Waals surface area contributed by atoms with Crippen LogP contribution < -0.4 is 5.43 Å². The molecule has 0 saturated carbocycles. The molecule has 3 aromatic rings. The third kappa shape index (κ3) is 3.26. The Hall–Kier alpha value is -1.45. The van der Waals surface area contributed by atoms with Crippen molar-refractivity contribution in [2.75, 3.05) is 0 Å². The van der Waals surface area contributed by atoms with Crippen LogP contribution in [0.4, 0.5) is 0 Å². The number of hydrogen-bond acceptors (Lipinski definition) is 1. The molecule has 116 valence electrons. The zero-order valence-electron chi connectivity index (χ0n) is 11.5. The first-order valence-corrected chi connectivity index (χ1v) is 8.11. The maximum atomic E-state index is 12.1. The van der Waals surface area contributed by atoms with E-state index in [1.807, 2.05) is 0 Å². The van der Waals surface area contributed by atoms with Crippen LogP contribution in [-0.4, -0.2) is 4.98 Å². The summed E-state index contributed by atoms with van der Waals surface area (Å²) in [5, 5.41) is 1.57. The van der Waals surface area contributed by atoms with Crippen LogP contribution in [0.1, 0.15) is 0 Å². The fourth-order valence-electron chi connectivity index (χ4n) is 2.26. The topological polar surface area (TPSA) is 32.9 Å². The van der Waals surface area contributed by atoms with Crippen LogP contribution in [0, 0.1) is 0 Å². The monoisotopic (exact) mass is 383 g/mol. The van der Waals surface area contributed by atoms with Crippen molar-refractivity contribution in [1.82, 2.24) is 4.98 Å². The van der Waals surface area contributed by atoms with Crippen LogP contribution in [0.5, 0.6) is 0 Å². The van der Waals surface area contributed by atoms with Crippen molar-refractivity contribution in [2.24, 2.45) is 0 Å². The second kappa shape index (κ2) is 6.58. The van der Waals surface area contributed by atoms with Crippen LogP contribution in [0.15, 0.2) is 53.3 Å². The predicted octanol–water partition coefficient (Wildman–Crippen LogP) is 6.32. The first kappa shape index (κ1) is 16.4. The van der Waals surface area contributed by atoms with Gasteiger partial charge in [-0.15, -0.1) is 0 Å². The number of halogens is 4. The van der Waals surface area contributed by atoms with E-state index in [1.165, 1.54) is 12.1 Å². The molecule has 1 heterocycles. The number of benzene rings is 2. The lowest BCUT2D eigenvalue weighted by molar-refractivity contribution is 1.30. The molecule has 0 aliphatic heterocycles. The van der Waals surface area contributed by atoms with Crippen LogP contribution in [0.3, 0.4) is 0 Å². The van der Waals surface area contributed by atoms with Gasteiger partial charge in [0.25, 0.3) is 0 Å². The van der Waals surface area contributed by atoms with Crippen molar-refractivity contribution < 1.29 is 0 Å². The summed E-state index contributed by atoms with van der Waals surface area (Å²) in [5.41, 5.74) is 2.19. The molecule has 1 N–H and O–H groups in total. The van der Waals surface area contributed by atoms with Gasteiger partial charge in [-0.05, 0) is 12.1 Å². The Morgan fingerprint density at radius 3 is 1.57 bits per heavy atom. The summed E-state index contributed by atoms with van der Waals surface area (Å²) in [5.74, 6) is 0. The SMILES string of the molecule is O=c1cc(-c2cccc(Cl)c2Cl)[nH]c(-c2cccc(Cl)c2Cl)c1. The number of H-pyrrole nitrogens is 1. The fourth-order valence-corrected chi connectivity index (χ4v) is 3.06. The van der Waals surface area contributed by atoms with Gasteiger partial charge in [-0.1, -0.05) is 70.7 Å². The highest BCUT2D eigenvalue weighted by Crippen LogP contribution is 2.35. The molecule has 0 amide bonds. The minimum atomic E-state index is -0.180. The van der Waals surface area contributed by atoms with E-state index in [0.29, 0.717) is 42.6 Å². The van der Waals surface area contributed by atoms with E-state index in [1.54, 1.807) is 36.4 Å². The Balaban J connectivity index is 2.23. The minimum Gasteiger partial charge on any atom is -0.354 e. The second-order valence-electron chi connectivity index (χ2n) is 4.85. The standard InChI is InChI=1S/C17H9Cl4NO/c18-12-5-1-3-10(16(12)20)14-7-9(23)8-15(22-14)11-4-2-6-13(19)17(11)21/h1-8H,(H,22,23). The lowest BCUT2D eigenvalue weighted by Gasteiger charge is -2.10. The van der Waals surface area contributed by atoms with Crippen LogP contribution in [0.2, 0.25) is 20.1 Å². The third-order valence-corrected chi connectivity index (χ3v) is 4.96. The molecular weight excluding hydrogens is 376 g/mol. The number of aromatic amines is 1. The van der Waals surface area contributed by atoms with Gasteiger partial charge in [0.1, 0.15) is 0 Å². The average Bonchev–Trinajstić information content (AvgIpc) is 2.52. The Kier molecular flexibility index (Phi) is 4.69. The minimum absolute atomic E-state index is 0.180. The van der Waals surface area contributed by atoms with Crippen molar-refractivity contribution in [3.05, 3.63) is 78.8 Å². The van der Waals surface area contributed by atoms with Crippen molar-refractivity contribution in [2.45, 2.75) is 0 Å². The van der Waals surface area contributed by atoms with Crippen molar-refractivity contribution in [1.29, 1.82) is 0 Å². The number of nitrogens with one attached hydrogen (secondary N) is 1. The summed E-state index contributed by atoms with van der Waals surface area (Å²) in [4.78, 5) is 15.2. The van der Waals surface area contributed by atoms with E-state index >= 15 is 0 Å². The lowest BCUT2D eigenvalue weighted by Crippen LogP contribution is -2.02. The molecule has 6 heteroatoms. The van der Waals surface area contributed by atoms with Gasteiger partial charge in [0.05, 0.1) is 31.5 Å². The lowest BCUT2D eigenvalue weighted by atomic mass is 10.1. The van der Waals surface area contributed by atoms with Crippen molar-refractivity contribution in [3.8, 4) is 22.5 Å². The highest BCUT2D eigenvalue weighted by Gasteiger charge is 2.12. The zero-order valence-corrected chi connectivity index (χ0v) is 14.6. The molecule has 0 atom stereocenters. The molecule has 23 heavy (non-hydrogen) atoms. The van der Waals surface area contributed by atoms with Gasteiger partial charge >= 0.3 is 0 Å². The molecule has 0 aliphatic carbocycles. The Bertz CT molecular complexity index is 877. The van der Waals surface area contributed by atoms with E-state index < -0.39 is 0 Å². The van der Waals surface area contributed by atoms with E-state index in [-0.39, 0.29) is 5.43 Å². The third-order valence-electron chi connectivity index (χ3n) is 3.33. The van der Waals surface area contributed by atoms with E-state index in [4.69, 9.17) is 46.4 Å². The van der Waals surface area contributed by atoms with E-state index in [2.05, 4.69) is 4.98 Å². The predicted molar refractivity (Wildman–Crippen MR) is 98.0 cm³/mol. The Morgan fingerprint density at radius 2 is 1.13 bits per heavy atom. The molecule has 0 bridgehead atoms. The van der Waals surface area contributed by atoms with Gasteiger partial charge in [-0.3, -0.25) is 4.79 Å². The summed E-state index contributed by atoms with van der Waals surface area (Å²) in [6, 6.07) is 13.4. The molecule has 2 nitrogen and oxygen atoms in total. The van der Waals surface area contributed by atoms with Crippen molar-refractivity contribution >= 4 is 46.4 Å². The maximum Gasteiger partial charge on any atom is 0.182 e. The summed E-state index contributed by atoms with van der Waals surface area (Å²) in [6.07, 6.45) is 0. The van der Waals surface area contributed by atoms with Crippen LogP contribution >= 0.6 is 46.4 Å². The molecular formula is C17H9Cl4NO. The molecule has 2 aromatic carbocycles. The Morgan fingerprint density at radius 1 is 0.696 bits per heavy atom. The van der Waals surface area contributed by atoms with Gasteiger partial charge in [0, 0.05) is 23.3 Å². The first-order valence-electron chi connectivity index (χ1n) is 6.60. The Labute approximate surface area is 152 Å². The number of aromatic nitrogens is 1. The summed E-state index contributed by atoms with van der Waals surface area (Å²) in [6.45, 7) is 0. The molecule has 1 aromatic heterocycles. The molecule has 0 fully saturated rings. The summed E-state index contributed by atoms with van der Waals surface area (Å²) >= 11 is 24.6. The molecule has 0 saturated heterocycles. The zero-order chi connectivity index (χ0) is 16.6.